The van der Waals surface area contributed by atoms with Crippen LogP contribution in [0.5, 0.6) is 0 Å². The summed E-state index contributed by atoms with van der Waals surface area (Å²) in [4.78, 5) is 0. The standard InChI is InChI=1S/C13H21N.ClH/c1-10(2)7-8-13(14)12-6-4-5-11(3)9-12;/h4-6,9-10,13H,7-8,14H2,1-3H3;1H/t13-;/m0./s1. The highest BCUT2D eigenvalue weighted by Crippen LogP contribution is 2.19. The molecule has 2 heteroatoms. The van der Waals surface area contributed by atoms with Gasteiger partial charge >= 0.3 is 0 Å². The van der Waals surface area contributed by atoms with Crippen molar-refractivity contribution in [3.63, 3.8) is 0 Å². The van der Waals surface area contributed by atoms with Crippen LogP contribution in [0.25, 0.3) is 0 Å². The molecule has 1 aromatic rings. The third-order valence-electron chi connectivity index (χ3n) is 2.53. The molecule has 0 radical (unpaired) electrons. The minimum Gasteiger partial charge on any atom is -0.324 e. The average Bonchev–Trinajstić information content (AvgIpc) is 2.14. The summed E-state index contributed by atoms with van der Waals surface area (Å²) >= 11 is 0. The van der Waals surface area contributed by atoms with Gasteiger partial charge in [-0.15, -0.1) is 12.4 Å². The van der Waals surface area contributed by atoms with Crippen molar-refractivity contribution in [3.8, 4) is 0 Å². The maximum absolute atomic E-state index is 6.11. The van der Waals surface area contributed by atoms with E-state index in [1.54, 1.807) is 0 Å². The van der Waals surface area contributed by atoms with Gasteiger partial charge in [-0.2, -0.15) is 0 Å². The Balaban J connectivity index is 0.00000196. The first-order valence-electron chi connectivity index (χ1n) is 5.41. The van der Waals surface area contributed by atoms with Gasteiger partial charge in [-0.05, 0) is 31.2 Å². The van der Waals surface area contributed by atoms with Crippen LogP contribution in [0.2, 0.25) is 0 Å². The smallest absolute Gasteiger partial charge is 0.0295 e. The van der Waals surface area contributed by atoms with Gasteiger partial charge < -0.3 is 5.73 Å². The molecule has 0 fully saturated rings. The van der Waals surface area contributed by atoms with Crippen LogP contribution >= 0.6 is 12.4 Å². The van der Waals surface area contributed by atoms with E-state index in [0.29, 0.717) is 0 Å². The van der Waals surface area contributed by atoms with E-state index >= 15 is 0 Å². The van der Waals surface area contributed by atoms with E-state index in [2.05, 4.69) is 45.0 Å². The van der Waals surface area contributed by atoms with Crippen molar-refractivity contribution in [2.75, 3.05) is 0 Å². The van der Waals surface area contributed by atoms with Crippen molar-refractivity contribution in [1.29, 1.82) is 0 Å². The monoisotopic (exact) mass is 227 g/mol. The van der Waals surface area contributed by atoms with Crippen LogP contribution in [0.3, 0.4) is 0 Å². The van der Waals surface area contributed by atoms with E-state index < -0.39 is 0 Å². The summed E-state index contributed by atoms with van der Waals surface area (Å²) in [6, 6.07) is 8.71. The number of hydrogen-bond donors (Lipinski definition) is 1. The molecule has 1 aromatic carbocycles. The van der Waals surface area contributed by atoms with Crippen LogP contribution in [0.4, 0.5) is 0 Å². The quantitative estimate of drug-likeness (QED) is 0.831. The van der Waals surface area contributed by atoms with Crippen molar-refractivity contribution in [1.82, 2.24) is 0 Å². The molecule has 0 aliphatic rings. The lowest BCUT2D eigenvalue weighted by atomic mass is 9.97. The summed E-state index contributed by atoms with van der Waals surface area (Å²) < 4.78 is 0. The van der Waals surface area contributed by atoms with Gasteiger partial charge in [-0.1, -0.05) is 43.7 Å². The second kappa shape index (κ2) is 6.86. The summed E-state index contributed by atoms with van der Waals surface area (Å²) in [5, 5.41) is 0. The Morgan fingerprint density at radius 3 is 2.40 bits per heavy atom. The Morgan fingerprint density at radius 1 is 1.20 bits per heavy atom. The van der Waals surface area contributed by atoms with Crippen molar-refractivity contribution in [2.45, 2.75) is 39.7 Å². The van der Waals surface area contributed by atoms with Gasteiger partial charge in [-0.25, -0.2) is 0 Å². The molecule has 1 rings (SSSR count). The first kappa shape index (κ1) is 14.5. The fourth-order valence-electron chi connectivity index (χ4n) is 1.58. The molecule has 1 nitrogen and oxygen atoms in total. The molecule has 0 saturated carbocycles. The topological polar surface area (TPSA) is 26.0 Å². The molecule has 86 valence electrons. The first-order valence-corrected chi connectivity index (χ1v) is 5.41. The maximum atomic E-state index is 6.11. The highest BCUT2D eigenvalue weighted by atomic mass is 35.5. The molecule has 15 heavy (non-hydrogen) atoms. The number of benzene rings is 1. The third kappa shape index (κ3) is 5.19. The first-order chi connectivity index (χ1) is 6.59. The fraction of sp³-hybridized carbons (Fsp3) is 0.538. The van der Waals surface area contributed by atoms with Crippen molar-refractivity contribution < 1.29 is 0 Å². The van der Waals surface area contributed by atoms with E-state index in [1.807, 2.05) is 0 Å². The van der Waals surface area contributed by atoms with Crippen LogP contribution < -0.4 is 5.73 Å². The Bertz CT molecular complexity index is 284. The van der Waals surface area contributed by atoms with Crippen LogP contribution in [0.1, 0.15) is 43.9 Å². The van der Waals surface area contributed by atoms with Crippen molar-refractivity contribution >= 4 is 12.4 Å². The second-order valence-electron chi connectivity index (χ2n) is 4.49. The van der Waals surface area contributed by atoms with Gasteiger partial charge in [0.05, 0.1) is 0 Å². The van der Waals surface area contributed by atoms with Gasteiger partial charge in [0.25, 0.3) is 0 Å². The van der Waals surface area contributed by atoms with Crippen LogP contribution in [0, 0.1) is 12.8 Å². The number of aryl methyl sites for hydroxylation is 1. The average molecular weight is 228 g/mol. The molecule has 2 N–H and O–H groups in total. The lowest BCUT2D eigenvalue weighted by Gasteiger charge is -2.13. The Kier molecular flexibility index (Phi) is 6.62. The van der Waals surface area contributed by atoms with Gasteiger partial charge in [-0.3, -0.25) is 0 Å². The minimum atomic E-state index is 0. The highest BCUT2D eigenvalue weighted by Gasteiger charge is 2.06. The summed E-state index contributed by atoms with van der Waals surface area (Å²) in [6.45, 7) is 6.59. The number of halogens is 1. The molecule has 0 aromatic heterocycles. The predicted molar refractivity (Wildman–Crippen MR) is 69.4 cm³/mol. The Hall–Kier alpha value is -0.530. The Morgan fingerprint density at radius 2 is 1.87 bits per heavy atom. The molecule has 0 spiro atoms. The lowest BCUT2D eigenvalue weighted by molar-refractivity contribution is 0.507. The van der Waals surface area contributed by atoms with Gasteiger partial charge in [0.2, 0.25) is 0 Å². The zero-order chi connectivity index (χ0) is 10.6. The van der Waals surface area contributed by atoms with E-state index in [4.69, 9.17) is 5.73 Å². The molecular formula is C13H22ClN. The number of rotatable bonds is 4. The Labute approximate surface area is 99.5 Å². The van der Waals surface area contributed by atoms with Crippen molar-refractivity contribution in [3.05, 3.63) is 35.4 Å². The van der Waals surface area contributed by atoms with E-state index in [1.165, 1.54) is 17.5 Å². The number of nitrogens with two attached hydrogens (primary N) is 1. The molecule has 0 aliphatic heterocycles. The zero-order valence-corrected chi connectivity index (χ0v) is 10.7. The summed E-state index contributed by atoms with van der Waals surface area (Å²) in [7, 11) is 0. The summed E-state index contributed by atoms with van der Waals surface area (Å²) in [5.74, 6) is 0.742. The van der Waals surface area contributed by atoms with E-state index in [0.717, 1.165) is 12.3 Å². The molecule has 0 amide bonds. The second-order valence-corrected chi connectivity index (χ2v) is 4.49. The molecule has 1 atom stereocenters. The largest absolute Gasteiger partial charge is 0.324 e. The molecule has 0 unspecified atom stereocenters. The normalized spacial score (nSPS) is 12.3. The molecule has 0 saturated heterocycles. The predicted octanol–water partition coefficient (Wildman–Crippen LogP) is 3.85. The van der Waals surface area contributed by atoms with Gasteiger partial charge in [0.1, 0.15) is 0 Å². The summed E-state index contributed by atoms with van der Waals surface area (Å²) in [5.41, 5.74) is 8.68. The fourth-order valence-corrected chi connectivity index (χ4v) is 1.58. The van der Waals surface area contributed by atoms with E-state index in [-0.39, 0.29) is 18.4 Å². The molecular weight excluding hydrogens is 206 g/mol. The molecule has 0 bridgehead atoms. The lowest BCUT2D eigenvalue weighted by Crippen LogP contribution is -2.11. The molecule has 0 heterocycles. The summed E-state index contributed by atoms with van der Waals surface area (Å²) in [6.07, 6.45) is 2.29. The van der Waals surface area contributed by atoms with Gasteiger partial charge in [0, 0.05) is 6.04 Å². The third-order valence-corrected chi connectivity index (χ3v) is 2.53. The van der Waals surface area contributed by atoms with Crippen LogP contribution in [0.15, 0.2) is 24.3 Å². The number of hydrogen-bond acceptors (Lipinski definition) is 1. The van der Waals surface area contributed by atoms with Gasteiger partial charge in [0.15, 0.2) is 0 Å². The minimum absolute atomic E-state index is 0. The van der Waals surface area contributed by atoms with Crippen LogP contribution in [-0.4, -0.2) is 0 Å². The van der Waals surface area contributed by atoms with Crippen molar-refractivity contribution in [2.24, 2.45) is 11.7 Å². The zero-order valence-electron chi connectivity index (χ0n) is 9.86. The van der Waals surface area contributed by atoms with Crippen LogP contribution in [-0.2, 0) is 0 Å². The maximum Gasteiger partial charge on any atom is 0.0295 e. The molecule has 0 aliphatic carbocycles. The SMILES string of the molecule is Cc1cccc([C@@H](N)CCC(C)C)c1.Cl. The highest BCUT2D eigenvalue weighted by molar-refractivity contribution is 5.85. The van der Waals surface area contributed by atoms with E-state index in [9.17, 15) is 0 Å².